The molecule has 5 heteroatoms. The molecular weight excluding hydrogens is 240 g/mol. The Morgan fingerprint density at radius 3 is 2.94 bits per heavy atom. The van der Waals surface area contributed by atoms with E-state index >= 15 is 0 Å². The van der Waals surface area contributed by atoms with Crippen LogP contribution in [0.5, 0.6) is 0 Å². The van der Waals surface area contributed by atoms with Gasteiger partial charge in [0, 0.05) is 19.8 Å². The lowest BCUT2D eigenvalue weighted by Gasteiger charge is -2.18. The topological polar surface area (TPSA) is 53.4 Å². The van der Waals surface area contributed by atoms with E-state index in [0.29, 0.717) is 10.8 Å². The average Bonchev–Trinajstić information content (AvgIpc) is 2.28. The van der Waals surface area contributed by atoms with Gasteiger partial charge in [0.2, 0.25) is 0 Å². The Bertz CT molecular complexity index is 421. The molecule has 0 saturated heterocycles. The smallest absolute Gasteiger partial charge is 0.337 e. The molecule has 1 rings (SSSR count). The van der Waals surface area contributed by atoms with E-state index in [-0.39, 0.29) is 5.56 Å². The van der Waals surface area contributed by atoms with Crippen LogP contribution in [0.2, 0.25) is 5.02 Å². The number of aromatic carboxylic acids is 1. The highest BCUT2D eigenvalue weighted by Crippen LogP contribution is 2.23. The first-order chi connectivity index (χ1) is 8.06. The Morgan fingerprint density at radius 1 is 1.71 bits per heavy atom. The summed E-state index contributed by atoms with van der Waals surface area (Å²) in [6.45, 7) is 4.45. The highest BCUT2D eigenvalue weighted by molar-refractivity contribution is 6.33. The number of unbranched alkanes of at least 4 members (excludes halogenated alkanes) is 1. The van der Waals surface area contributed by atoms with E-state index in [0.717, 1.165) is 19.4 Å². The lowest BCUT2D eigenvalue weighted by atomic mass is 10.2. The molecular formula is C12H15ClN2O2. The van der Waals surface area contributed by atoms with Crippen molar-refractivity contribution in [3.05, 3.63) is 35.5 Å². The molecule has 0 spiro atoms. The molecule has 1 heterocycles. The molecule has 0 saturated carbocycles. The maximum atomic E-state index is 10.7. The number of halogens is 1. The van der Waals surface area contributed by atoms with Crippen LogP contribution in [0.25, 0.3) is 0 Å². The van der Waals surface area contributed by atoms with Crippen LogP contribution in [0.1, 0.15) is 23.2 Å². The fourth-order valence-corrected chi connectivity index (χ4v) is 1.72. The maximum absolute atomic E-state index is 10.7. The molecule has 92 valence electrons. The molecule has 17 heavy (non-hydrogen) atoms. The Kier molecular flexibility index (Phi) is 4.97. The van der Waals surface area contributed by atoms with Gasteiger partial charge in [0.15, 0.2) is 0 Å². The number of nitrogens with zero attached hydrogens (tertiary/aromatic N) is 2. The number of rotatable bonds is 6. The van der Waals surface area contributed by atoms with E-state index in [1.807, 2.05) is 18.0 Å². The summed E-state index contributed by atoms with van der Waals surface area (Å²) in [7, 11) is 1.87. The van der Waals surface area contributed by atoms with Crippen LogP contribution in [0.3, 0.4) is 0 Å². The van der Waals surface area contributed by atoms with E-state index in [1.165, 1.54) is 12.3 Å². The Labute approximate surface area is 106 Å². The molecule has 0 amide bonds. The first kappa shape index (κ1) is 13.5. The van der Waals surface area contributed by atoms with Gasteiger partial charge in [-0.05, 0) is 18.9 Å². The lowest BCUT2D eigenvalue weighted by Crippen LogP contribution is -2.20. The molecule has 0 aliphatic carbocycles. The van der Waals surface area contributed by atoms with E-state index in [9.17, 15) is 4.79 Å². The molecule has 0 atom stereocenters. The summed E-state index contributed by atoms with van der Waals surface area (Å²) in [5, 5.41) is 9.14. The minimum Gasteiger partial charge on any atom is -0.478 e. The molecule has 4 nitrogen and oxygen atoms in total. The molecule has 1 aromatic heterocycles. The number of aromatic nitrogens is 1. The number of pyridine rings is 1. The van der Waals surface area contributed by atoms with Crippen molar-refractivity contribution < 1.29 is 9.90 Å². The van der Waals surface area contributed by atoms with Gasteiger partial charge in [-0.3, -0.25) is 0 Å². The summed E-state index contributed by atoms with van der Waals surface area (Å²) >= 11 is 5.99. The van der Waals surface area contributed by atoms with Crippen LogP contribution in [-0.4, -0.2) is 29.7 Å². The van der Waals surface area contributed by atoms with Gasteiger partial charge < -0.3 is 10.0 Å². The van der Waals surface area contributed by atoms with Crippen molar-refractivity contribution in [2.24, 2.45) is 0 Å². The summed E-state index contributed by atoms with van der Waals surface area (Å²) in [5.41, 5.74) is 0.0956. The second kappa shape index (κ2) is 6.25. The van der Waals surface area contributed by atoms with Gasteiger partial charge in [-0.25, -0.2) is 9.78 Å². The number of hydrogen-bond donors (Lipinski definition) is 1. The van der Waals surface area contributed by atoms with Crippen molar-refractivity contribution in [3.8, 4) is 0 Å². The molecule has 0 fully saturated rings. The van der Waals surface area contributed by atoms with Crippen molar-refractivity contribution in [1.82, 2.24) is 4.98 Å². The highest BCUT2D eigenvalue weighted by atomic mass is 35.5. The quantitative estimate of drug-likeness (QED) is 0.627. The summed E-state index contributed by atoms with van der Waals surface area (Å²) in [6, 6.07) is 1.41. The molecule has 0 radical (unpaired) electrons. The second-order valence-corrected chi connectivity index (χ2v) is 4.09. The maximum Gasteiger partial charge on any atom is 0.337 e. The van der Waals surface area contributed by atoms with Crippen LogP contribution in [0, 0.1) is 0 Å². The monoisotopic (exact) mass is 254 g/mol. The van der Waals surface area contributed by atoms with Gasteiger partial charge in [0.25, 0.3) is 0 Å². The van der Waals surface area contributed by atoms with Gasteiger partial charge in [0.05, 0.1) is 10.6 Å². The standard InChI is InChI=1S/C12H15ClN2O2/c1-3-4-5-6-15(2)11-10(13)7-9(8-14-11)12(16)17/h3,7-8H,1,4-6H2,2H3,(H,16,17). The van der Waals surface area contributed by atoms with Crippen molar-refractivity contribution in [1.29, 1.82) is 0 Å². The van der Waals surface area contributed by atoms with Crippen molar-refractivity contribution >= 4 is 23.4 Å². The van der Waals surface area contributed by atoms with E-state index in [4.69, 9.17) is 16.7 Å². The number of allylic oxidation sites excluding steroid dienone is 1. The van der Waals surface area contributed by atoms with Gasteiger partial charge >= 0.3 is 5.97 Å². The molecule has 0 unspecified atom stereocenters. The summed E-state index contributed by atoms with van der Waals surface area (Å²) in [4.78, 5) is 16.7. The van der Waals surface area contributed by atoms with Gasteiger partial charge in [-0.1, -0.05) is 17.7 Å². The van der Waals surface area contributed by atoms with Crippen LogP contribution >= 0.6 is 11.6 Å². The number of carbonyl (C=O) groups is 1. The van der Waals surface area contributed by atoms with Crippen molar-refractivity contribution in [3.63, 3.8) is 0 Å². The van der Waals surface area contributed by atoms with E-state index < -0.39 is 5.97 Å². The van der Waals surface area contributed by atoms with Crippen LogP contribution < -0.4 is 4.90 Å². The number of anilines is 1. The van der Waals surface area contributed by atoms with Crippen molar-refractivity contribution in [2.75, 3.05) is 18.5 Å². The first-order valence-corrected chi connectivity index (χ1v) is 5.65. The lowest BCUT2D eigenvalue weighted by molar-refractivity contribution is 0.0696. The third-order valence-corrected chi connectivity index (χ3v) is 2.61. The summed E-state index contributed by atoms with van der Waals surface area (Å²) < 4.78 is 0. The zero-order valence-electron chi connectivity index (χ0n) is 9.69. The number of carboxylic acid groups (broad SMARTS) is 1. The largest absolute Gasteiger partial charge is 0.478 e. The fourth-order valence-electron chi connectivity index (χ4n) is 1.41. The van der Waals surface area contributed by atoms with Gasteiger partial charge in [0.1, 0.15) is 5.82 Å². The summed E-state index contributed by atoms with van der Waals surface area (Å²) in [6.07, 6.45) is 5.05. The normalized spacial score (nSPS) is 10.0. The number of hydrogen-bond acceptors (Lipinski definition) is 3. The number of carboxylic acids is 1. The Morgan fingerprint density at radius 2 is 2.41 bits per heavy atom. The second-order valence-electron chi connectivity index (χ2n) is 3.69. The minimum absolute atomic E-state index is 0.0956. The fraction of sp³-hybridized carbons (Fsp3) is 0.333. The SMILES string of the molecule is C=CCCCN(C)c1ncc(C(=O)O)cc1Cl. The van der Waals surface area contributed by atoms with Gasteiger partial charge in [-0.15, -0.1) is 6.58 Å². The van der Waals surface area contributed by atoms with Crippen LogP contribution in [0.15, 0.2) is 24.9 Å². The van der Waals surface area contributed by atoms with Crippen molar-refractivity contribution in [2.45, 2.75) is 12.8 Å². The van der Waals surface area contributed by atoms with Crippen LogP contribution in [0.4, 0.5) is 5.82 Å². The molecule has 1 aromatic rings. The molecule has 0 bridgehead atoms. The minimum atomic E-state index is -1.03. The first-order valence-electron chi connectivity index (χ1n) is 5.27. The third-order valence-electron chi connectivity index (χ3n) is 2.33. The highest BCUT2D eigenvalue weighted by Gasteiger charge is 2.11. The molecule has 0 aliphatic rings. The molecule has 0 aliphatic heterocycles. The Balaban J connectivity index is 2.77. The predicted molar refractivity (Wildman–Crippen MR) is 68.9 cm³/mol. The third kappa shape index (κ3) is 3.75. The van der Waals surface area contributed by atoms with E-state index in [1.54, 1.807) is 0 Å². The zero-order chi connectivity index (χ0) is 12.8. The van der Waals surface area contributed by atoms with E-state index in [2.05, 4.69) is 11.6 Å². The predicted octanol–water partition coefficient (Wildman–Crippen LogP) is 2.84. The summed E-state index contributed by atoms with van der Waals surface area (Å²) in [5.74, 6) is -0.430. The molecule has 0 aromatic carbocycles. The molecule has 1 N–H and O–H groups in total. The Hall–Kier alpha value is -1.55. The van der Waals surface area contributed by atoms with Gasteiger partial charge in [-0.2, -0.15) is 0 Å². The van der Waals surface area contributed by atoms with Crippen LogP contribution in [-0.2, 0) is 0 Å². The average molecular weight is 255 g/mol. The zero-order valence-corrected chi connectivity index (χ0v) is 10.4.